The van der Waals surface area contributed by atoms with E-state index < -0.39 is 9.84 Å². The number of rotatable bonds is 6. The quantitative estimate of drug-likeness (QED) is 0.763. The van der Waals surface area contributed by atoms with Gasteiger partial charge in [0, 0.05) is 39.1 Å². The second-order valence-corrected chi connectivity index (χ2v) is 9.67. The fourth-order valence-electron chi connectivity index (χ4n) is 3.98. The molecule has 1 aromatic carbocycles. The van der Waals surface area contributed by atoms with Gasteiger partial charge in [-0.15, -0.1) is 0 Å². The van der Waals surface area contributed by atoms with Gasteiger partial charge < -0.3 is 4.90 Å². The lowest BCUT2D eigenvalue weighted by Gasteiger charge is -2.35. The Morgan fingerprint density at radius 1 is 0.962 bits per heavy atom. The number of carbonyl (C=O) groups excluding carboxylic acids is 1. The predicted molar refractivity (Wildman–Crippen MR) is 103 cm³/mol. The van der Waals surface area contributed by atoms with Crippen LogP contribution in [0.15, 0.2) is 35.2 Å². The van der Waals surface area contributed by atoms with Gasteiger partial charge in [-0.3, -0.25) is 9.69 Å². The van der Waals surface area contributed by atoms with Crippen molar-refractivity contribution in [2.75, 3.05) is 38.5 Å². The molecule has 1 saturated carbocycles. The van der Waals surface area contributed by atoms with E-state index in [4.69, 9.17) is 0 Å². The molecule has 3 rings (SSSR count). The molecule has 0 spiro atoms. The van der Waals surface area contributed by atoms with Gasteiger partial charge in [0.25, 0.3) is 0 Å². The lowest BCUT2D eigenvalue weighted by molar-refractivity contribution is -0.134. The van der Waals surface area contributed by atoms with E-state index in [1.54, 1.807) is 24.3 Å². The molecule has 0 bridgehead atoms. The van der Waals surface area contributed by atoms with Gasteiger partial charge >= 0.3 is 0 Å². The van der Waals surface area contributed by atoms with Crippen molar-refractivity contribution in [3.63, 3.8) is 0 Å². The van der Waals surface area contributed by atoms with Crippen LogP contribution in [0.1, 0.15) is 38.5 Å². The lowest BCUT2D eigenvalue weighted by Crippen LogP contribution is -2.49. The van der Waals surface area contributed by atoms with E-state index in [-0.39, 0.29) is 11.7 Å². The summed E-state index contributed by atoms with van der Waals surface area (Å²) >= 11 is 0. The molecule has 0 aromatic heterocycles. The average molecular weight is 379 g/mol. The van der Waals surface area contributed by atoms with E-state index >= 15 is 0 Å². The molecule has 144 valence electrons. The monoisotopic (exact) mass is 378 g/mol. The van der Waals surface area contributed by atoms with Crippen molar-refractivity contribution < 1.29 is 13.2 Å². The summed E-state index contributed by atoms with van der Waals surface area (Å²) in [5.41, 5.74) is 0. The van der Waals surface area contributed by atoms with Crippen LogP contribution in [0.25, 0.3) is 0 Å². The van der Waals surface area contributed by atoms with E-state index in [2.05, 4.69) is 4.90 Å². The zero-order valence-corrected chi connectivity index (χ0v) is 16.3. The van der Waals surface area contributed by atoms with Crippen molar-refractivity contribution in [1.29, 1.82) is 0 Å². The summed E-state index contributed by atoms with van der Waals surface area (Å²) < 4.78 is 24.8. The standard InChI is InChI=1S/C20H30N2O3S/c23-20(17-18-7-3-1-4-8-18)22-13-11-21(12-14-22)15-16-26(24,25)19-9-5-2-6-10-19/h2,5-6,9-10,18H,1,3-4,7-8,11-17H2. The van der Waals surface area contributed by atoms with Crippen molar-refractivity contribution in [3.8, 4) is 0 Å². The number of carbonyl (C=O) groups is 1. The van der Waals surface area contributed by atoms with Crippen LogP contribution in [0.5, 0.6) is 0 Å². The Balaban J connectivity index is 1.41. The molecular formula is C20H30N2O3S. The minimum Gasteiger partial charge on any atom is -0.340 e. The van der Waals surface area contributed by atoms with E-state index in [1.807, 2.05) is 11.0 Å². The van der Waals surface area contributed by atoms with E-state index in [0.717, 1.165) is 26.2 Å². The molecule has 0 N–H and O–H groups in total. The molecule has 6 heteroatoms. The van der Waals surface area contributed by atoms with E-state index in [9.17, 15) is 13.2 Å². The molecule has 0 unspecified atom stereocenters. The summed E-state index contributed by atoms with van der Waals surface area (Å²) in [5.74, 6) is 0.992. The summed E-state index contributed by atoms with van der Waals surface area (Å²) in [6, 6.07) is 8.63. The van der Waals surface area contributed by atoms with Crippen molar-refractivity contribution in [2.45, 2.75) is 43.4 Å². The van der Waals surface area contributed by atoms with Gasteiger partial charge in [0.15, 0.2) is 9.84 Å². The van der Waals surface area contributed by atoms with Gasteiger partial charge in [-0.25, -0.2) is 8.42 Å². The first-order valence-corrected chi connectivity index (χ1v) is 11.5. The fourth-order valence-corrected chi connectivity index (χ4v) is 5.29. The minimum atomic E-state index is -3.23. The van der Waals surface area contributed by atoms with Crippen molar-refractivity contribution >= 4 is 15.7 Å². The van der Waals surface area contributed by atoms with Crippen LogP contribution < -0.4 is 0 Å². The molecule has 1 amide bonds. The Morgan fingerprint density at radius 2 is 1.62 bits per heavy atom. The third-order valence-corrected chi connectivity index (χ3v) is 7.40. The highest BCUT2D eigenvalue weighted by molar-refractivity contribution is 7.91. The zero-order chi connectivity index (χ0) is 18.4. The van der Waals surface area contributed by atoms with Gasteiger partial charge in [-0.2, -0.15) is 0 Å². The van der Waals surface area contributed by atoms with Gasteiger partial charge in [0.05, 0.1) is 10.6 Å². The first kappa shape index (κ1) is 19.4. The smallest absolute Gasteiger partial charge is 0.222 e. The molecule has 2 aliphatic rings. The third-order valence-electron chi connectivity index (χ3n) is 5.69. The van der Waals surface area contributed by atoms with Crippen LogP contribution in [0.3, 0.4) is 0 Å². The first-order valence-electron chi connectivity index (χ1n) is 9.82. The number of nitrogens with zero attached hydrogens (tertiary/aromatic N) is 2. The van der Waals surface area contributed by atoms with Crippen LogP contribution >= 0.6 is 0 Å². The third kappa shape index (κ3) is 5.30. The molecule has 0 atom stereocenters. The number of sulfone groups is 1. The van der Waals surface area contributed by atoms with E-state index in [1.165, 1.54) is 32.1 Å². The zero-order valence-electron chi connectivity index (χ0n) is 15.5. The topological polar surface area (TPSA) is 57.7 Å². The fraction of sp³-hybridized carbons (Fsp3) is 0.650. The normalized spacial score (nSPS) is 20.2. The number of amides is 1. The van der Waals surface area contributed by atoms with Crippen molar-refractivity contribution in [1.82, 2.24) is 9.80 Å². The van der Waals surface area contributed by atoms with Crippen molar-refractivity contribution in [2.24, 2.45) is 5.92 Å². The SMILES string of the molecule is O=C(CC1CCCCC1)N1CCN(CCS(=O)(=O)c2ccccc2)CC1. The largest absolute Gasteiger partial charge is 0.340 e. The number of hydrogen-bond acceptors (Lipinski definition) is 4. The minimum absolute atomic E-state index is 0.132. The predicted octanol–water partition coefficient (Wildman–Crippen LogP) is 2.57. The van der Waals surface area contributed by atoms with Gasteiger partial charge in [0.2, 0.25) is 5.91 Å². The Kier molecular flexibility index (Phi) is 6.70. The van der Waals surface area contributed by atoms with Crippen LogP contribution in [0.2, 0.25) is 0 Å². The maximum absolute atomic E-state index is 12.5. The first-order chi connectivity index (χ1) is 12.5. The van der Waals surface area contributed by atoms with Gasteiger partial charge in [-0.1, -0.05) is 37.5 Å². The molecular weight excluding hydrogens is 348 g/mol. The molecule has 1 saturated heterocycles. The number of hydrogen-bond donors (Lipinski definition) is 0. The van der Waals surface area contributed by atoms with Crippen LogP contribution in [-0.4, -0.2) is 62.6 Å². The Hall–Kier alpha value is -1.40. The average Bonchev–Trinajstić information content (AvgIpc) is 2.68. The second-order valence-electron chi connectivity index (χ2n) is 7.56. The van der Waals surface area contributed by atoms with Crippen LogP contribution in [0.4, 0.5) is 0 Å². The highest BCUT2D eigenvalue weighted by Gasteiger charge is 2.25. The molecule has 1 aliphatic heterocycles. The number of benzene rings is 1. The summed E-state index contributed by atoms with van der Waals surface area (Å²) in [7, 11) is -3.23. The van der Waals surface area contributed by atoms with Gasteiger partial charge in [0.1, 0.15) is 0 Å². The molecule has 26 heavy (non-hydrogen) atoms. The van der Waals surface area contributed by atoms with Crippen LogP contribution in [0, 0.1) is 5.92 Å². The summed E-state index contributed by atoms with van der Waals surface area (Å²) in [4.78, 5) is 17.0. The molecule has 0 radical (unpaired) electrons. The molecule has 1 aliphatic carbocycles. The van der Waals surface area contributed by atoms with Crippen molar-refractivity contribution in [3.05, 3.63) is 30.3 Å². The summed E-state index contributed by atoms with van der Waals surface area (Å²) in [5, 5.41) is 0. The maximum atomic E-state index is 12.5. The summed E-state index contributed by atoms with van der Waals surface area (Å²) in [6.45, 7) is 3.50. The highest BCUT2D eigenvalue weighted by atomic mass is 32.2. The molecule has 5 nitrogen and oxygen atoms in total. The Labute approximate surface area is 157 Å². The second kappa shape index (κ2) is 9.00. The Bertz CT molecular complexity index is 676. The maximum Gasteiger partial charge on any atom is 0.222 e. The van der Waals surface area contributed by atoms with Crippen LogP contribution in [-0.2, 0) is 14.6 Å². The van der Waals surface area contributed by atoms with Gasteiger partial charge in [-0.05, 0) is 30.9 Å². The number of piperazine rings is 1. The molecule has 2 fully saturated rings. The van der Waals surface area contributed by atoms with E-state index in [0.29, 0.717) is 23.8 Å². The summed E-state index contributed by atoms with van der Waals surface area (Å²) in [6.07, 6.45) is 6.94. The Morgan fingerprint density at radius 3 is 2.27 bits per heavy atom. The molecule has 1 aromatic rings. The molecule has 1 heterocycles. The lowest BCUT2D eigenvalue weighted by atomic mass is 9.86. The highest BCUT2D eigenvalue weighted by Crippen LogP contribution is 2.27.